The van der Waals surface area contributed by atoms with Crippen LogP contribution in [0, 0.1) is 0 Å². The lowest BCUT2D eigenvalue weighted by molar-refractivity contribution is -0.154. The number of phosphoric ester groups is 1. The summed E-state index contributed by atoms with van der Waals surface area (Å²) in [6.07, 6.45) is 52.5. The molecule has 9 nitrogen and oxygen atoms in total. The Kier molecular flexibility index (Phi) is 46.1. The molecule has 0 saturated carbocycles. The molecule has 0 heterocycles. The van der Waals surface area contributed by atoms with E-state index >= 15 is 0 Å². The van der Waals surface area contributed by atoms with Gasteiger partial charge in [0.15, 0.2) is 0 Å². The summed E-state index contributed by atoms with van der Waals surface area (Å²) >= 11 is 0. The lowest BCUT2D eigenvalue weighted by Gasteiger charge is -2.20. The number of carbonyl (C=O) groups excluding carboxylic acids is 1. The van der Waals surface area contributed by atoms with E-state index < -0.39 is 39.2 Å². The van der Waals surface area contributed by atoms with E-state index in [-0.39, 0.29) is 19.6 Å². The van der Waals surface area contributed by atoms with Crippen LogP contribution >= 0.6 is 7.82 Å². The first-order chi connectivity index (χ1) is 29.3. The van der Waals surface area contributed by atoms with Gasteiger partial charge in [0.05, 0.1) is 26.4 Å². The molecule has 0 fully saturated rings. The SMILES string of the molecule is CCCCC/C=C\C/C=C\C/C=C\CCCCCCCCC(=O)OC(COCCCCCCCCCCCCCCCCCCCCCC)COP(=O)(O)OCC(O)CO. The van der Waals surface area contributed by atoms with E-state index in [4.69, 9.17) is 23.6 Å². The molecule has 0 aliphatic rings. The topological polar surface area (TPSA) is 132 Å². The fourth-order valence-corrected chi connectivity index (χ4v) is 7.80. The Morgan fingerprint density at radius 2 is 0.900 bits per heavy atom. The highest BCUT2D eigenvalue weighted by molar-refractivity contribution is 7.47. The van der Waals surface area contributed by atoms with Crippen molar-refractivity contribution in [3.63, 3.8) is 0 Å². The van der Waals surface area contributed by atoms with Gasteiger partial charge in [0.25, 0.3) is 0 Å². The highest BCUT2D eigenvalue weighted by atomic mass is 31.2. The largest absolute Gasteiger partial charge is 0.472 e. The van der Waals surface area contributed by atoms with Gasteiger partial charge in [-0.25, -0.2) is 4.57 Å². The Balaban J connectivity index is 4.10. The highest BCUT2D eigenvalue weighted by Crippen LogP contribution is 2.43. The molecule has 0 aromatic rings. The summed E-state index contributed by atoms with van der Waals surface area (Å²) in [5.41, 5.74) is 0. The molecule has 0 amide bonds. The van der Waals surface area contributed by atoms with Crippen molar-refractivity contribution in [2.75, 3.05) is 33.0 Å². The van der Waals surface area contributed by atoms with Gasteiger partial charge in [-0.1, -0.05) is 211 Å². The standard InChI is InChI=1S/C50H95O9P/c1-3-5-7-9-11-13-15-17-19-21-23-25-27-29-31-33-35-37-39-41-43-56-46-49(47-58-60(54,55)57-45-48(52)44-51)59-50(53)42-40-38-36-34-32-30-28-26-24-22-20-18-16-14-12-10-8-6-4-2/h12,14,18,20,24,26,48-49,51-52H,3-11,13,15-17,19,21-23,25,27-47H2,1-2H3,(H,54,55)/b14-12-,20-18-,26-24-. The third-order valence-corrected chi connectivity index (χ3v) is 11.8. The predicted molar refractivity (Wildman–Crippen MR) is 251 cm³/mol. The van der Waals surface area contributed by atoms with E-state index in [1.165, 1.54) is 154 Å². The second-order valence-electron chi connectivity index (χ2n) is 16.8. The predicted octanol–water partition coefficient (Wildman–Crippen LogP) is 14.4. The fraction of sp³-hybridized carbons (Fsp3) is 0.860. The Labute approximate surface area is 369 Å². The van der Waals surface area contributed by atoms with Gasteiger partial charge in [-0.2, -0.15) is 0 Å². The maximum absolute atomic E-state index is 12.7. The minimum absolute atomic E-state index is 0.0470. The summed E-state index contributed by atoms with van der Waals surface area (Å²) in [6.45, 7) is 3.52. The number of carbonyl (C=O) groups is 1. The van der Waals surface area contributed by atoms with Crippen molar-refractivity contribution in [2.24, 2.45) is 0 Å². The number of hydrogen-bond acceptors (Lipinski definition) is 8. The average molecular weight is 871 g/mol. The molecule has 10 heteroatoms. The van der Waals surface area contributed by atoms with Gasteiger partial charge in [-0.15, -0.1) is 0 Å². The van der Waals surface area contributed by atoms with E-state index in [9.17, 15) is 19.4 Å². The smallest absolute Gasteiger partial charge is 0.457 e. The van der Waals surface area contributed by atoms with Crippen molar-refractivity contribution >= 4 is 13.8 Å². The molecule has 354 valence electrons. The molecule has 0 aromatic carbocycles. The van der Waals surface area contributed by atoms with Crippen molar-refractivity contribution in [1.29, 1.82) is 0 Å². The first-order valence-corrected chi connectivity index (χ1v) is 26.5. The zero-order chi connectivity index (χ0) is 43.9. The zero-order valence-corrected chi connectivity index (χ0v) is 39.8. The quantitative estimate of drug-likeness (QED) is 0.0237. The number of allylic oxidation sites excluding steroid dienone is 6. The van der Waals surface area contributed by atoms with Crippen molar-refractivity contribution in [1.82, 2.24) is 0 Å². The van der Waals surface area contributed by atoms with Crippen molar-refractivity contribution in [2.45, 2.75) is 244 Å². The second-order valence-corrected chi connectivity index (χ2v) is 18.3. The summed E-state index contributed by atoms with van der Waals surface area (Å²) in [5.74, 6) is -0.391. The summed E-state index contributed by atoms with van der Waals surface area (Å²) in [7, 11) is -4.52. The first kappa shape index (κ1) is 58.7. The third kappa shape index (κ3) is 46.2. The van der Waals surface area contributed by atoms with Crippen molar-refractivity contribution in [3.8, 4) is 0 Å². The maximum Gasteiger partial charge on any atom is 0.472 e. The van der Waals surface area contributed by atoms with Crippen molar-refractivity contribution in [3.05, 3.63) is 36.5 Å². The number of aliphatic hydroxyl groups excluding tert-OH is 2. The van der Waals surface area contributed by atoms with Crippen LogP contribution in [0.2, 0.25) is 0 Å². The first-order valence-electron chi connectivity index (χ1n) is 25.0. The van der Waals surface area contributed by atoms with E-state index in [1.54, 1.807) is 0 Å². The Bertz CT molecular complexity index is 1030. The van der Waals surface area contributed by atoms with E-state index in [1.807, 2.05) is 0 Å². The van der Waals surface area contributed by atoms with Crippen molar-refractivity contribution < 1.29 is 43.0 Å². The molecule has 0 bridgehead atoms. The number of aliphatic hydroxyl groups is 2. The Morgan fingerprint density at radius 1 is 0.517 bits per heavy atom. The Hall–Kier alpha value is -1.32. The van der Waals surface area contributed by atoms with Crippen LogP contribution < -0.4 is 0 Å². The van der Waals surface area contributed by atoms with Gasteiger partial charge < -0.3 is 24.6 Å². The van der Waals surface area contributed by atoms with E-state index in [2.05, 4.69) is 50.3 Å². The number of ether oxygens (including phenoxy) is 2. The van der Waals surface area contributed by atoms with Gasteiger partial charge in [0, 0.05) is 13.0 Å². The number of rotatable bonds is 48. The molecule has 0 radical (unpaired) electrons. The summed E-state index contributed by atoms with van der Waals surface area (Å²) < 4.78 is 33.5. The van der Waals surface area contributed by atoms with Gasteiger partial charge >= 0.3 is 13.8 Å². The monoisotopic (exact) mass is 871 g/mol. The van der Waals surface area contributed by atoms with Crippen LogP contribution in [0.3, 0.4) is 0 Å². The fourth-order valence-electron chi connectivity index (χ4n) is 7.01. The molecular formula is C50H95O9P. The molecule has 0 aliphatic carbocycles. The Morgan fingerprint density at radius 3 is 1.38 bits per heavy atom. The molecule has 0 aliphatic heterocycles. The van der Waals surface area contributed by atoms with Crippen LogP contribution in [0.25, 0.3) is 0 Å². The minimum atomic E-state index is -4.52. The molecule has 0 spiro atoms. The second kappa shape index (κ2) is 47.2. The average Bonchev–Trinajstić information content (AvgIpc) is 3.24. The van der Waals surface area contributed by atoms with Crippen LogP contribution in [0.1, 0.15) is 232 Å². The van der Waals surface area contributed by atoms with Gasteiger partial charge in [-0.3, -0.25) is 13.8 Å². The van der Waals surface area contributed by atoms with E-state index in [0.29, 0.717) is 13.0 Å². The number of unbranched alkanes of at least 4 members (excludes halogenated alkanes) is 28. The minimum Gasteiger partial charge on any atom is -0.457 e. The molecular weight excluding hydrogens is 776 g/mol. The molecule has 0 rings (SSSR count). The lowest BCUT2D eigenvalue weighted by Crippen LogP contribution is -2.29. The van der Waals surface area contributed by atoms with Gasteiger partial charge in [-0.05, 0) is 51.4 Å². The van der Waals surface area contributed by atoms with Crippen LogP contribution in [-0.4, -0.2) is 66.3 Å². The van der Waals surface area contributed by atoms with Crippen LogP contribution in [0.5, 0.6) is 0 Å². The lowest BCUT2D eigenvalue weighted by atomic mass is 10.0. The van der Waals surface area contributed by atoms with Gasteiger partial charge in [0.2, 0.25) is 0 Å². The zero-order valence-electron chi connectivity index (χ0n) is 38.9. The molecule has 0 aromatic heterocycles. The molecule has 60 heavy (non-hydrogen) atoms. The molecule has 3 N–H and O–H groups in total. The van der Waals surface area contributed by atoms with E-state index in [0.717, 1.165) is 51.4 Å². The van der Waals surface area contributed by atoms with Crippen LogP contribution in [0.15, 0.2) is 36.5 Å². The molecule has 3 atom stereocenters. The number of hydrogen-bond donors (Lipinski definition) is 3. The normalized spacial score (nSPS) is 14.2. The summed E-state index contributed by atoms with van der Waals surface area (Å²) in [4.78, 5) is 22.7. The van der Waals surface area contributed by atoms with Crippen LogP contribution in [-0.2, 0) is 27.9 Å². The summed E-state index contributed by atoms with van der Waals surface area (Å²) in [6, 6.07) is 0. The number of esters is 1. The molecule has 3 unspecified atom stereocenters. The number of phosphoric acid groups is 1. The maximum atomic E-state index is 12.7. The third-order valence-electron chi connectivity index (χ3n) is 10.8. The summed E-state index contributed by atoms with van der Waals surface area (Å²) in [5, 5.41) is 18.4. The highest BCUT2D eigenvalue weighted by Gasteiger charge is 2.26. The van der Waals surface area contributed by atoms with Crippen LogP contribution in [0.4, 0.5) is 0 Å². The molecule has 0 saturated heterocycles. The van der Waals surface area contributed by atoms with Gasteiger partial charge in [0.1, 0.15) is 12.2 Å².